The van der Waals surface area contributed by atoms with Crippen molar-refractivity contribution in [3.63, 3.8) is 0 Å². The van der Waals surface area contributed by atoms with E-state index < -0.39 is 5.54 Å². The van der Waals surface area contributed by atoms with Gasteiger partial charge in [-0.2, -0.15) is 0 Å². The van der Waals surface area contributed by atoms with E-state index in [9.17, 15) is 10.1 Å². The predicted octanol–water partition coefficient (Wildman–Crippen LogP) is 2.67. The van der Waals surface area contributed by atoms with Gasteiger partial charge in [-0.1, -0.05) is 11.6 Å². The zero-order valence-corrected chi connectivity index (χ0v) is 10.5. The number of hydrogen-bond donors (Lipinski definition) is 1. The molecule has 1 aromatic rings. The Hall–Kier alpha value is -1.42. The van der Waals surface area contributed by atoms with Gasteiger partial charge in [0.15, 0.2) is 0 Å². The van der Waals surface area contributed by atoms with Crippen LogP contribution in [0.3, 0.4) is 0 Å². The molecule has 2 N–H and O–H groups in total. The third-order valence-corrected chi connectivity index (χ3v) is 3.85. The van der Waals surface area contributed by atoms with E-state index >= 15 is 0 Å². The van der Waals surface area contributed by atoms with Crippen molar-refractivity contribution in [1.29, 1.82) is 0 Å². The minimum atomic E-state index is -0.425. The van der Waals surface area contributed by atoms with E-state index in [1.165, 1.54) is 0 Å². The van der Waals surface area contributed by atoms with E-state index in [-0.39, 0.29) is 16.0 Å². The Balaban J connectivity index is 2.59. The van der Waals surface area contributed by atoms with Crippen LogP contribution in [-0.4, -0.2) is 10.5 Å². The Bertz CT molecular complexity index is 471. The summed E-state index contributed by atoms with van der Waals surface area (Å²) in [6, 6.07) is 5.29. The maximum atomic E-state index is 11.1. The zero-order valence-electron chi connectivity index (χ0n) is 10.5. The molecule has 1 fully saturated rings. The quantitative estimate of drug-likeness (QED) is 0.645. The lowest BCUT2D eigenvalue weighted by Gasteiger charge is -2.31. The van der Waals surface area contributed by atoms with E-state index in [2.05, 4.69) is 0 Å². The third-order valence-electron chi connectivity index (χ3n) is 3.85. The number of hydrogen-bond acceptors (Lipinski definition) is 3. The molecule has 0 radical (unpaired) electrons. The summed E-state index contributed by atoms with van der Waals surface area (Å²) in [6.45, 7) is 5.85. The maximum absolute atomic E-state index is 11.1. The second kappa shape index (κ2) is 3.53. The first-order valence-corrected chi connectivity index (χ1v) is 5.82. The minimum Gasteiger partial charge on any atom is -0.325 e. The summed E-state index contributed by atoms with van der Waals surface area (Å²) in [6.07, 6.45) is 1.86. The van der Waals surface area contributed by atoms with Gasteiger partial charge >= 0.3 is 0 Å². The van der Waals surface area contributed by atoms with Crippen molar-refractivity contribution >= 4 is 5.69 Å². The van der Waals surface area contributed by atoms with Crippen LogP contribution in [0.4, 0.5) is 5.69 Å². The molecule has 0 heterocycles. The SMILES string of the molecule is Cc1ccc([N+](=O)[O-])c(C2(C(C)(C)N)CC2)c1. The van der Waals surface area contributed by atoms with Gasteiger partial charge < -0.3 is 5.73 Å². The van der Waals surface area contributed by atoms with E-state index in [0.717, 1.165) is 24.0 Å². The van der Waals surface area contributed by atoms with Gasteiger partial charge in [-0.25, -0.2) is 0 Å². The van der Waals surface area contributed by atoms with Gasteiger partial charge in [0, 0.05) is 22.6 Å². The molecule has 1 aliphatic carbocycles. The minimum absolute atomic E-state index is 0.201. The summed E-state index contributed by atoms with van der Waals surface area (Å²) in [7, 11) is 0. The predicted molar refractivity (Wildman–Crippen MR) is 67.0 cm³/mol. The van der Waals surface area contributed by atoms with E-state index in [1.807, 2.05) is 26.8 Å². The fraction of sp³-hybridized carbons (Fsp3) is 0.538. The molecule has 0 saturated heterocycles. The van der Waals surface area contributed by atoms with Crippen molar-refractivity contribution < 1.29 is 4.92 Å². The molecule has 0 aliphatic heterocycles. The van der Waals surface area contributed by atoms with E-state index in [0.29, 0.717) is 0 Å². The van der Waals surface area contributed by atoms with Crippen molar-refractivity contribution in [3.8, 4) is 0 Å². The summed E-state index contributed by atoms with van der Waals surface area (Å²) >= 11 is 0. The maximum Gasteiger partial charge on any atom is 0.273 e. The van der Waals surface area contributed by atoms with Gasteiger partial charge in [0.1, 0.15) is 0 Å². The number of aryl methyl sites for hydroxylation is 1. The molecule has 4 heteroatoms. The Kier molecular flexibility index (Phi) is 2.51. The molecule has 2 rings (SSSR count). The number of nitrogens with zero attached hydrogens (tertiary/aromatic N) is 1. The van der Waals surface area contributed by atoms with E-state index in [1.54, 1.807) is 12.1 Å². The molecule has 17 heavy (non-hydrogen) atoms. The van der Waals surface area contributed by atoms with Crippen molar-refractivity contribution in [2.24, 2.45) is 5.73 Å². The lowest BCUT2D eigenvalue weighted by atomic mass is 9.78. The molecule has 0 atom stereocenters. The van der Waals surface area contributed by atoms with Gasteiger partial charge in [0.25, 0.3) is 5.69 Å². The topological polar surface area (TPSA) is 69.2 Å². The van der Waals surface area contributed by atoms with Crippen LogP contribution in [0.15, 0.2) is 18.2 Å². The summed E-state index contributed by atoms with van der Waals surface area (Å²) < 4.78 is 0. The lowest BCUT2D eigenvalue weighted by molar-refractivity contribution is -0.386. The van der Waals surface area contributed by atoms with Crippen molar-refractivity contribution in [2.75, 3.05) is 0 Å². The molecule has 92 valence electrons. The number of benzene rings is 1. The Morgan fingerprint density at radius 1 is 1.41 bits per heavy atom. The van der Waals surface area contributed by atoms with Gasteiger partial charge in [0.2, 0.25) is 0 Å². The molecular weight excluding hydrogens is 216 g/mol. The Labute approximate surface area is 101 Å². The number of nitro benzene ring substituents is 1. The average molecular weight is 234 g/mol. The lowest BCUT2D eigenvalue weighted by Crippen LogP contribution is -2.45. The first-order valence-electron chi connectivity index (χ1n) is 5.82. The second-order valence-corrected chi connectivity index (χ2v) is 5.58. The molecule has 1 aliphatic rings. The van der Waals surface area contributed by atoms with Crippen LogP contribution in [0.5, 0.6) is 0 Å². The standard InChI is InChI=1S/C13H18N2O2/c1-9-4-5-11(15(16)17)10(8-9)13(6-7-13)12(2,3)14/h4-5,8H,6-7,14H2,1-3H3. The average Bonchev–Trinajstić information content (AvgIpc) is 2.96. The molecular formula is C13H18N2O2. The fourth-order valence-corrected chi connectivity index (χ4v) is 2.58. The smallest absolute Gasteiger partial charge is 0.273 e. The highest BCUT2D eigenvalue weighted by molar-refractivity contribution is 5.52. The molecule has 1 saturated carbocycles. The fourth-order valence-electron chi connectivity index (χ4n) is 2.58. The van der Waals surface area contributed by atoms with Crippen LogP contribution in [0.25, 0.3) is 0 Å². The molecule has 4 nitrogen and oxygen atoms in total. The first-order chi connectivity index (χ1) is 7.78. The normalized spacial score (nSPS) is 17.9. The highest BCUT2D eigenvalue weighted by Gasteiger charge is 2.56. The van der Waals surface area contributed by atoms with E-state index in [4.69, 9.17) is 5.73 Å². The molecule has 0 aromatic heterocycles. The highest BCUT2D eigenvalue weighted by atomic mass is 16.6. The second-order valence-electron chi connectivity index (χ2n) is 5.58. The summed E-state index contributed by atoms with van der Waals surface area (Å²) in [5.41, 5.74) is 7.60. The van der Waals surface area contributed by atoms with Crippen molar-refractivity contribution in [3.05, 3.63) is 39.4 Å². The third kappa shape index (κ3) is 1.82. The first kappa shape index (κ1) is 12.0. The molecule has 0 amide bonds. The zero-order chi connectivity index (χ0) is 12.8. The highest BCUT2D eigenvalue weighted by Crippen LogP contribution is 2.57. The molecule has 1 aromatic carbocycles. The molecule has 0 bridgehead atoms. The Morgan fingerprint density at radius 3 is 2.41 bits per heavy atom. The largest absolute Gasteiger partial charge is 0.325 e. The summed E-state index contributed by atoms with van der Waals surface area (Å²) in [4.78, 5) is 10.8. The Morgan fingerprint density at radius 2 is 2.00 bits per heavy atom. The van der Waals surface area contributed by atoms with Crippen molar-refractivity contribution in [2.45, 2.75) is 44.6 Å². The van der Waals surface area contributed by atoms with Gasteiger partial charge in [-0.15, -0.1) is 0 Å². The van der Waals surface area contributed by atoms with Gasteiger partial charge in [-0.05, 0) is 39.7 Å². The number of rotatable bonds is 3. The van der Waals surface area contributed by atoms with Crippen LogP contribution in [-0.2, 0) is 5.41 Å². The number of nitro groups is 1. The van der Waals surface area contributed by atoms with Crippen LogP contribution in [0, 0.1) is 17.0 Å². The molecule has 0 unspecified atom stereocenters. The number of nitrogens with two attached hydrogens (primary N) is 1. The summed E-state index contributed by atoms with van der Waals surface area (Å²) in [5, 5.41) is 11.1. The van der Waals surface area contributed by atoms with Crippen LogP contribution >= 0.6 is 0 Å². The molecule has 0 spiro atoms. The van der Waals surface area contributed by atoms with Crippen molar-refractivity contribution in [1.82, 2.24) is 0 Å². The van der Waals surface area contributed by atoms with Gasteiger partial charge in [-0.3, -0.25) is 10.1 Å². The summed E-state index contributed by atoms with van der Waals surface area (Å²) in [5.74, 6) is 0. The monoisotopic (exact) mass is 234 g/mol. The van der Waals surface area contributed by atoms with Crippen LogP contribution in [0.2, 0.25) is 0 Å². The van der Waals surface area contributed by atoms with Crippen LogP contribution in [0.1, 0.15) is 37.8 Å². The van der Waals surface area contributed by atoms with Gasteiger partial charge in [0.05, 0.1) is 4.92 Å². The van der Waals surface area contributed by atoms with Crippen LogP contribution < -0.4 is 5.73 Å².